The predicted molar refractivity (Wildman–Crippen MR) is 103 cm³/mol. The standard InChI is InChI=1S/C17H20N6O7S/c1-20(2)16(24)15-14-13(11-8-22(15)17(25)23(11)30-31(26,27)28)10(19-21(14)3)9-29-12-6-4-5-7-18-12/h4-7,11,15H,8-9H2,1-3H3,(H,26,27,28). The molecule has 13 nitrogen and oxygen atoms in total. The quantitative estimate of drug-likeness (QED) is 0.600. The molecule has 0 radical (unpaired) electrons. The second-order valence-electron chi connectivity index (χ2n) is 7.24. The van der Waals surface area contributed by atoms with E-state index in [1.165, 1.54) is 14.5 Å². The number of likely N-dealkylation sites (N-methyl/N-ethyl adjacent to an activating group) is 1. The number of hydrogen-bond donors (Lipinski definition) is 1. The molecule has 1 fully saturated rings. The zero-order valence-electron chi connectivity index (χ0n) is 16.9. The number of carbonyl (C=O) groups is 2. The van der Waals surface area contributed by atoms with Crippen molar-refractivity contribution in [2.45, 2.75) is 18.7 Å². The number of rotatable bonds is 6. The van der Waals surface area contributed by atoms with Crippen LogP contribution in [0.4, 0.5) is 4.79 Å². The lowest BCUT2D eigenvalue weighted by molar-refractivity contribution is -0.134. The maximum Gasteiger partial charge on any atom is 0.418 e. The van der Waals surface area contributed by atoms with Crippen molar-refractivity contribution in [3.05, 3.63) is 41.3 Å². The van der Waals surface area contributed by atoms with Crippen molar-refractivity contribution >= 4 is 22.3 Å². The molecule has 0 spiro atoms. The Morgan fingerprint density at radius 1 is 1.35 bits per heavy atom. The lowest BCUT2D eigenvalue weighted by atomic mass is 9.94. The second-order valence-corrected chi connectivity index (χ2v) is 8.24. The normalized spacial score (nSPS) is 20.1. The van der Waals surface area contributed by atoms with Crippen molar-refractivity contribution in [1.82, 2.24) is 29.6 Å². The Morgan fingerprint density at radius 2 is 2.10 bits per heavy atom. The number of pyridine rings is 1. The molecule has 2 atom stereocenters. The fraction of sp³-hybridized carbons (Fsp3) is 0.412. The van der Waals surface area contributed by atoms with E-state index in [1.54, 1.807) is 45.5 Å². The lowest BCUT2D eigenvalue weighted by Crippen LogP contribution is -2.44. The molecule has 2 unspecified atom stereocenters. The molecule has 1 saturated heterocycles. The Kier molecular flexibility index (Phi) is 5.07. The summed E-state index contributed by atoms with van der Waals surface area (Å²) in [6, 6.07) is 2.29. The maximum atomic E-state index is 12.9. The molecule has 2 aliphatic heterocycles. The van der Waals surface area contributed by atoms with Gasteiger partial charge in [-0.1, -0.05) is 6.07 Å². The number of carbonyl (C=O) groups excluding carboxylic acids is 2. The summed E-state index contributed by atoms with van der Waals surface area (Å²) >= 11 is 0. The number of aryl methyl sites for hydroxylation is 1. The summed E-state index contributed by atoms with van der Waals surface area (Å²) in [7, 11) is -0.280. The third-order valence-electron chi connectivity index (χ3n) is 5.04. The molecule has 1 N–H and O–H groups in total. The van der Waals surface area contributed by atoms with Gasteiger partial charge in [-0.3, -0.25) is 14.0 Å². The maximum absolute atomic E-state index is 12.9. The molecule has 0 saturated carbocycles. The van der Waals surface area contributed by atoms with Crippen LogP contribution in [0, 0.1) is 0 Å². The molecule has 14 heteroatoms. The first kappa shape index (κ1) is 21.0. The van der Waals surface area contributed by atoms with Crippen LogP contribution in [0.5, 0.6) is 5.88 Å². The summed E-state index contributed by atoms with van der Waals surface area (Å²) in [6.07, 6.45) is 1.56. The van der Waals surface area contributed by atoms with Crippen molar-refractivity contribution in [1.29, 1.82) is 0 Å². The van der Waals surface area contributed by atoms with E-state index in [0.29, 0.717) is 27.9 Å². The first-order valence-electron chi connectivity index (χ1n) is 9.16. The molecule has 31 heavy (non-hydrogen) atoms. The smallest absolute Gasteiger partial charge is 0.418 e. The Hall–Kier alpha value is -3.23. The van der Waals surface area contributed by atoms with Gasteiger partial charge in [0.1, 0.15) is 18.3 Å². The molecule has 166 valence electrons. The van der Waals surface area contributed by atoms with Crippen LogP contribution in [-0.2, 0) is 33.1 Å². The highest BCUT2D eigenvalue weighted by atomic mass is 32.3. The van der Waals surface area contributed by atoms with Crippen LogP contribution in [0.15, 0.2) is 24.4 Å². The monoisotopic (exact) mass is 452 g/mol. The third-order valence-corrected chi connectivity index (χ3v) is 5.39. The lowest BCUT2D eigenvalue weighted by Gasteiger charge is -2.32. The van der Waals surface area contributed by atoms with Gasteiger partial charge in [0.25, 0.3) is 5.91 Å². The zero-order valence-corrected chi connectivity index (χ0v) is 17.7. The van der Waals surface area contributed by atoms with Gasteiger partial charge in [0.2, 0.25) is 5.88 Å². The zero-order chi connectivity index (χ0) is 22.5. The van der Waals surface area contributed by atoms with Crippen molar-refractivity contribution in [3.63, 3.8) is 0 Å². The van der Waals surface area contributed by atoms with E-state index in [2.05, 4.69) is 14.4 Å². The van der Waals surface area contributed by atoms with Gasteiger partial charge in [-0.15, -0.1) is 4.28 Å². The molecule has 2 bridgehead atoms. The van der Waals surface area contributed by atoms with Crippen LogP contribution in [0.3, 0.4) is 0 Å². The minimum absolute atomic E-state index is 0.0338. The average Bonchev–Trinajstić information content (AvgIpc) is 3.17. The number of ether oxygens (including phenoxy) is 1. The van der Waals surface area contributed by atoms with Gasteiger partial charge in [0.05, 0.1) is 12.2 Å². The molecular weight excluding hydrogens is 432 g/mol. The number of urea groups is 1. The van der Waals surface area contributed by atoms with Crippen molar-refractivity contribution in [2.24, 2.45) is 7.05 Å². The molecule has 2 aliphatic rings. The number of hydroxylamine groups is 2. The topological polar surface area (TPSA) is 147 Å². The second kappa shape index (κ2) is 7.47. The summed E-state index contributed by atoms with van der Waals surface area (Å²) in [5.41, 5.74) is 1.21. The first-order valence-corrected chi connectivity index (χ1v) is 10.5. The van der Waals surface area contributed by atoms with E-state index in [9.17, 15) is 18.0 Å². The van der Waals surface area contributed by atoms with Gasteiger partial charge in [-0.2, -0.15) is 18.6 Å². The Bertz CT molecular complexity index is 1130. The highest BCUT2D eigenvalue weighted by molar-refractivity contribution is 7.80. The number of nitrogens with zero attached hydrogens (tertiary/aromatic N) is 6. The van der Waals surface area contributed by atoms with Crippen LogP contribution in [0.1, 0.15) is 29.0 Å². The SMILES string of the molecule is CN(C)C(=O)C1c2c(c(COc3ccccn3)nn2C)C2CN1C(=O)N2OS(=O)(=O)O. The van der Waals surface area contributed by atoms with Gasteiger partial charge in [0.15, 0.2) is 6.04 Å². The van der Waals surface area contributed by atoms with E-state index in [1.807, 2.05) is 0 Å². The summed E-state index contributed by atoms with van der Waals surface area (Å²) in [6.45, 7) is -0.0820. The fourth-order valence-corrected chi connectivity index (χ4v) is 4.20. The summed E-state index contributed by atoms with van der Waals surface area (Å²) in [4.78, 5) is 32.4. The number of hydrogen-bond acceptors (Lipinski definition) is 8. The summed E-state index contributed by atoms with van der Waals surface area (Å²) in [5.74, 6) is -0.0595. The van der Waals surface area contributed by atoms with Gasteiger partial charge < -0.3 is 14.5 Å². The summed E-state index contributed by atoms with van der Waals surface area (Å²) < 4.78 is 43.6. The van der Waals surface area contributed by atoms with E-state index >= 15 is 0 Å². The number of amides is 3. The molecule has 3 amide bonds. The molecule has 4 rings (SSSR count). The molecule has 2 aromatic heterocycles. The van der Waals surface area contributed by atoms with Crippen molar-refractivity contribution in [3.8, 4) is 5.88 Å². The Balaban J connectivity index is 1.79. The van der Waals surface area contributed by atoms with E-state index in [-0.39, 0.29) is 13.2 Å². The number of aromatic nitrogens is 3. The average molecular weight is 452 g/mol. The third kappa shape index (κ3) is 3.68. The van der Waals surface area contributed by atoms with Crippen LogP contribution in [-0.4, -0.2) is 75.2 Å². The Labute approximate surface area is 177 Å². The highest BCUT2D eigenvalue weighted by Gasteiger charge is 2.55. The van der Waals surface area contributed by atoms with Crippen molar-refractivity contribution < 1.29 is 31.6 Å². The molecular formula is C17H20N6O7S. The molecule has 0 aliphatic carbocycles. The molecule has 0 aromatic carbocycles. The highest BCUT2D eigenvalue weighted by Crippen LogP contribution is 2.46. The predicted octanol–water partition coefficient (Wildman–Crippen LogP) is 0.0501. The van der Waals surface area contributed by atoms with Gasteiger partial charge >= 0.3 is 16.4 Å². The molecule has 4 heterocycles. The largest absolute Gasteiger partial charge is 0.471 e. The minimum atomic E-state index is -4.98. The van der Waals surface area contributed by atoms with Crippen LogP contribution in [0.25, 0.3) is 0 Å². The Morgan fingerprint density at radius 3 is 2.71 bits per heavy atom. The van der Waals surface area contributed by atoms with Gasteiger partial charge in [-0.05, 0) is 6.07 Å². The van der Waals surface area contributed by atoms with Gasteiger partial charge in [-0.25, -0.2) is 9.78 Å². The van der Waals surface area contributed by atoms with Crippen LogP contribution >= 0.6 is 0 Å². The van der Waals surface area contributed by atoms with E-state index < -0.39 is 34.4 Å². The fourth-order valence-electron chi connectivity index (χ4n) is 3.83. The number of fused-ring (bicyclic) bond motifs is 4. The van der Waals surface area contributed by atoms with E-state index in [4.69, 9.17) is 9.29 Å². The van der Waals surface area contributed by atoms with Crippen LogP contribution in [0.2, 0.25) is 0 Å². The van der Waals surface area contributed by atoms with Crippen LogP contribution < -0.4 is 4.74 Å². The van der Waals surface area contributed by atoms with E-state index in [0.717, 1.165) is 0 Å². The first-order chi connectivity index (χ1) is 14.6. The van der Waals surface area contributed by atoms with Crippen molar-refractivity contribution in [2.75, 3.05) is 20.6 Å². The van der Waals surface area contributed by atoms with Gasteiger partial charge in [0, 0.05) is 39.0 Å². The summed E-state index contributed by atoms with van der Waals surface area (Å²) in [5, 5.41) is 4.98. The molecule has 2 aromatic rings. The minimum Gasteiger partial charge on any atom is -0.471 e.